The Bertz CT molecular complexity index is 919. The van der Waals surface area contributed by atoms with E-state index in [-0.39, 0.29) is 0 Å². The summed E-state index contributed by atoms with van der Waals surface area (Å²) in [5, 5.41) is 11.5. The van der Waals surface area contributed by atoms with E-state index in [0.717, 1.165) is 48.5 Å². The van der Waals surface area contributed by atoms with Gasteiger partial charge in [0.2, 0.25) is 0 Å². The Kier molecular flexibility index (Phi) is 6.36. The molecule has 3 N–H and O–H groups in total. The summed E-state index contributed by atoms with van der Waals surface area (Å²) >= 11 is 1.71. The van der Waals surface area contributed by atoms with Gasteiger partial charge in [0.25, 0.3) is 0 Å². The molecule has 0 aliphatic carbocycles. The van der Waals surface area contributed by atoms with Crippen LogP contribution in [-0.2, 0) is 18.7 Å². The third-order valence-corrected chi connectivity index (χ3v) is 6.79. The van der Waals surface area contributed by atoms with Crippen molar-refractivity contribution in [2.45, 2.75) is 41.3 Å². The second-order valence-electron chi connectivity index (χ2n) is 7.74. The van der Waals surface area contributed by atoms with Crippen LogP contribution in [0.2, 0.25) is 0 Å². The van der Waals surface area contributed by atoms with Crippen molar-refractivity contribution in [2.75, 3.05) is 13.1 Å². The van der Waals surface area contributed by atoms with Crippen molar-refractivity contribution in [3.63, 3.8) is 0 Å². The summed E-state index contributed by atoms with van der Waals surface area (Å²) in [5.41, 5.74) is 8.45. The fraction of sp³-hybridized carbons (Fsp3) is 0.280. The van der Waals surface area contributed by atoms with Crippen molar-refractivity contribution in [1.82, 2.24) is 4.90 Å². The zero-order valence-corrected chi connectivity index (χ0v) is 17.4. The lowest BCUT2D eigenvalue weighted by atomic mass is 9.84. The predicted octanol–water partition coefficient (Wildman–Crippen LogP) is 4.78. The highest BCUT2D eigenvalue weighted by atomic mass is 32.2. The van der Waals surface area contributed by atoms with E-state index in [1.807, 2.05) is 12.1 Å². The van der Waals surface area contributed by atoms with Gasteiger partial charge in [0.1, 0.15) is 0 Å². The molecule has 1 fully saturated rings. The van der Waals surface area contributed by atoms with Gasteiger partial charge in [-0.25, -0.2) is 0 Å². The molecule has 0 bridgehead atoms. The third-order valence-electron chi connectivity index (χ3n) is 5.71. The van der Waals surface area contributed by atoms with Crippen molar-refractivity contribution < 1.29 is 5.11 Å². The van der Waals surface area contributed by atoms with E-state index >= 15 is 0 Å². The monoisotopic (exact) mass is 404 g/mol. The Morgan fingerprint density at radius 2 is 1.48 bits per heavy atom. The first-order valence-electron chi connectivity index (χ1n) is 10.2. The first kappa shape index (κ1) is 20.2. The fourth-order valence-corrected chi connectivity index (χ4v) is 4.99. The number of hydrogen-bond acceptors (Lipinski definition) is 4. The molecule has 1 heterocycles. The molecule has 1 aliphatic rings. The van der Waals surface area contributed by atoms with Gasteiger partial charge in [0.15, 0.2) is 0 Å². The van der Waals surface area contributed by atoms with Crippen molar-refractivity contribution in [1.29, 1.82) is 0 Å². The zero-order valence-electron chi connectivity index (χ0n) is 16.6. The van der Waals surface area contributed by atoms with Gasteiger partial charge in [-0.3, -0.25) is 4.90 Å². The van der Waals surface area contributed by atoms with Crippen molar-refractivity contribution >= 4 is 11.8 Å². The number of rotatable bonds is 6. The molecule has 0 saturated carbocycles. The summed E-state index contributed by atoms with van der Waals surface area (Å²) in [6.45, 7) is 3.30. The minimum absolute atomic E-state index is 0.556. The van der Waals surface area contributed by atoms with Crippen LogP contribution in [0.15, 0.2) is 88.7 Å². The summed E-state index contributed by atoms with van der Waals surface area (Å²) in [7, 11) is 0. The van der Waals surface area contributed by atoms with Gasteiger partial charge in [0.05, 0.1) is 5.60 Å². The first-order chi connectivity index (χ1) is 14.2. The largest absolute Gasteiger partial charge is 0.385 e. The molecule has 1 saturated heterocycles. The number of likely N-dealkylation sites (tertiary alicyclic amines) is 1. The smallest absolute Gasteiger partial charge is 0.0931 e. The lowest BCUT2D eigenvalue weighted by Gasteiger charge is -2.39. The van der Waals surface area contributed by atoms with E-state index in [1.165, 1.54) is 10.5 Å². The maximum Gasteiger partial charge on any atom is 0.0931 e. The highest BCUT2D eigenvalue weighted by molar-refractivity contribution is 7.99. The number of hydrogen-bond donors (Lipinski definition) is 2. The molecule has 3 nitrogen and oxygen atoms in total. The number of nitrogens with zero attached hydrogens (tertiary/aromatic N) is 1. The van der Waals surface area contributed by atoms with Gasteiger partial charge >= 0.3 is 0 Å². The second-order valence-corrected chi connectivity index (χ2v) is 8.85. The number of aliphatic hydroxyl groups is 1. The van der Waals surface area contributed by atoms with Crippen LogP contribution < -0.4 is 5.73 Å². The molecule has 1 aliphatic heterocycles. The minimum Gasteiger partial charge on any atom is -0.385 e. The van der Waals surface area contributed by atoms with Crippen LogP contribution >= 0.6 is 11.8 Å². The molecule has 0 spiro atoms. The van der Waals surface area contributed by atoms with Crippen LogP contribution in [0, 0.1) is 0 Å². The molecular formula is C25H28N2OS. The average molecular weight is 405 g/mol. The molecule has 3 aromatic carbocycles. The van der Waals surface area contributed by atoms with Gasteiger partial charge < -0.3 is 10.8 Å². The molecule has 0 aromatic heterocycles. The molecule has 0 atom stereocenters. The Morgan fingerprint density at radius 3 is 2.17 bits per heavy atom. The molecule has 0 radical (unpaired) electrons. The number of piperidine rings is 1. The van der Waals surface area contributed by atoms with Gasteiger partial charge in [-0.1, -0.05) is 72.4 Å². The fourth-order valence-electron chi connectivity index (χ4n) is 3.95. The van der Waals surface area contributed by atoms with Crippen LogP contribution in [-0.4, -0.2) is 23.1 Å². The van der Waals surface area contributed by atoms with E-state index in [2.05, 4.69) is 71.6 Å². The summed E-state index contributed by atoms with van der Waals surface area (Å²) in [5.74, 6) is 0. The molecular weight excluding hydrogens is 376 g/mol. The normalized spacial score (nSPS) is 16.6. The molecule has 4 heteroatoms. The number of benzene rings is 3. The topological polar surface area (TPSA) is 49.5 Å². The Labute approximate surface area is 177 Å². The lowest BCUT2D eigenvalue weighted by Crippen LogP contribution is -2.42. The van der Waals surface area contributed by atoms with E-state index in [9.17, 15) is 5.11 Å². The van der Waals surface area contributed by atoms with E-state index in [1.54, 1.807) is 11.8 Å². The van der Waals surface area contributed by atoms with E-state index in [4.69, 9.17) is 5.73 Å². The maximum absolute atomic E-state index is 11.5. The van der Waals surface area contributed by atoms with Gasteiger partial charge in [-0.2, -0.15) is 0 Å². The van der Waals surface area contributed by atoms with E-state index in [0.29, 0.717) is 6.54 Å². The van der Waals surface area contributed by atoms with E-state index < -0.39 is 5.60 Å². The third kappa shape index (κ3) is 4.90. The molecule has 29 heavy (non-hydrogen) atoms. The van der Waals surface area contributed by atoms with Crippen molar-refractivity contribution in [3.05, 3.63) is 95.6 Å². The van der Waals surface area contributed by atoms with Crippen LogP contribution in [0.25, 0.3) is 0 Å². The first-order valence-corrected chi connectivity index (χ1v) is 11.0. The zero-order chi connectivity index (χ0) is 20.1. The van der Waals surface area contributed by atoms with Crippen molar-refractivity contribution in [3.8, 4) is 0 Å². The summed E-state index contributed by atoms with van der Waals surface area (Å²) in [4.78, 5) is 4.73. The van der Waals surface area contributed by atoms with Crippen molar-refractivity contribution in [2.24, 2.45) is 5.73 Å². The summed E-state index contributed by atoms with van der Waals surface area (Å²) in [6, 6.07) is 27.2. The maximum atomic E-state index is 11.5. The Morgan fingerprint density at radius 1 is 0.828 bits per heavy atom. The standard InChI is InChI=1S/C25H28N2OS/c26-18-20-10-12-22(13-11-20)29-24-9-5-4-8-23(24)25(28)14-16-27(17-15-25)19-21-6-2-1-3-7-21/h1-13,28H,14-19,26H2. The summed E-state index contributed by atoms with van der Waals surface area (Å²) < 4.78 is 0. The quantitative estimate of drug-likeness (QED) is 0.621. The van der Waals surface area contributed by atoms with Crippen LogP contribution in [0.4, 0.5) is 0 Å². The predicted molar refractivity (Wildman–Crippen MR) is 120 cm³/mol. The highest BCUT2D eigenvalue weighted by Gasteiger charge is 2.35. The Balaban J connectivity index is 1.46. The molecule has 4 rings (SSSR count). The molecule has 150 valence electrons. The number of nitrogens with two attached hydrogens (primary N) is 1. The molecule has 0 unspecified atom stereocenters. The second kappa shape index (κ2) is 9.14. The van der Waals surface area contributed by atoms with Crippen LogP contribution in [0.1, 0.15) is 29.5 Å². The summed E-state index contributed by atoms with van der Waals surface area (Å²) in [6.07, 6.45) is 1.51. The molecule has 3 aromatic rings. The minimum atomic E-state index is -0.770. The Hall–Kier alpha value is -2.11. The van der Waals surface area contributed by atoms with Gasteiger partial charge in [0, 0.05) is 36.0 Å². The lowest BCUT2D eigenvalue weighted by molar-refractivity contribution is -0.0297. The SMILES string of the molecule is NCc1ccc(Sc2ccccc2C2(O)CCN(Cc3ccccc3)CC2)cc1. The van der Waals surface area contributed by atoms with Gasteiger partial charge in [-0.05, 0) is 47.7 Å². The van der Waals surface area contributed by atoms with Gasteiger partial charge in [-0.15, -0.1) is 0 Å². The van der Waals surface area contributed by atoms with Crippen LogP contribution in [0.3, 0.4) is 0 Å². The molecule has 0 amide bonds. The highest BCUT2D eigenvalue weighted by Crippen LogP contribution is 2.40. The van der Waals surface area contributed by atoms with Crippen LogP contribution in [0.5, 0.6) is 0 Å². The average Bonchev–Trinajstić information content (AvgIpc) is 2.77.